The molecule has 1 saturated heterocycles. The normalized spacial score (nSPS) is 22.5. The van der Waals surface area contributed by atoms with E-state index >= 15 is 0 Å². The van der Waals surface area contributed by atoms with E-state index in [9.17, 15) is 24.3 Å². The molecule has 3 aromatic rings. The number of likely N-dealkylation sites (tertiary alicyclic amines) is 1. The fourth-order valence-electron chi connectivity index (χ4n) is 6.59. The topological polar surface area (TPSA) is 123 Å². The molecule has 3 N–H and O–H groups in total. The van der Waals surface area contributed by atoms with E-state index in [2.05, 4.69) is 10.3 Å². The van der Waals surface area contributed by atoms with Crippen molar-refractivity contribution in [3.05, 3.63) is 70.9 Å². The molecular weight excluding hydrogens is 496 g/mol. The number of hydrogen-bond donors (Lipinski definition) is 3. The van der Waals surface area contributed by atoms with E-state index in [1.165, 1.54) is 4.90 Å². The quantitative estimate of drug-likeness (QED) is 0.453. The highest BCUT2D eigenvalue weighted by Crippen LogP contribution is 2.46. The minimum absolute atomic E-state index is 0.0853. The molecule has 9 nitrogen and oxygen atoms in total. The van der Waals surface area contributed by atoms with Crippen molar-refractivity contribution in [2.45, 2.75) is 63.7 Å². The van der Waals surface area contributed by atoms with Gasteiger partial charge in [-0.2, -0.15) is 0 Å². The summed E-state index contributed by atoms with van der Waals surface area (Å²) in [7, 11) is 0. The molecule has 6 rings (SSSR count). The van der Waals surface area contributed by atoms with Gasteiger partial charge in [0.1, 0.15) is 18.1 Å². The predicted molar refractivity (Wildman–Crippen MR) is 144 cm³/mol. The van der Waals surface area contributed by atoms with Crippen LogP contribution in [0.3, 0.4) is 0 Å². The van der Waals surface area contributed by atoms with Gasteiger partial charge in [0.25, 0.3) is 5.91 Å². The maximum atomic E-state index is 14.0. The first-order valence-electron chi connectivity index (χ1n) is 13.6. The molecule has 1 aromatic heterocycles. The summed E-state index contributed by atoms with van der Waals surface area (Å²) >= 11 is 0. The van der Waals surface area contributed by atoms with Crippen LogP contribution in [0.15, 0.2) is 48.5 Å². The Balaban J connectivity index is 1.36. The lowest BCUT2D eigenvalue weighted by Crippen LogP contribution is -2.58. The van der Waals surface area contributed by atoms with Crippen LogP contribution in [0, 0.1) is 5.92 Å². The summed E-state index contributed by atoms with van der Waals surface area (Å²) in [6, 6.07) is 12.3. The monoisotopic (exact) mass is 528 g/mol. The SMILES string of the molecule is CC(C)C[C@H](NC(=O)[C@@H]1Cc2c([nH]c3ccccc23)C2c3ccccc3C(=O)N21)C(=O)N1CCC[C@H]1C(=O)O. The Labute approximate surface area is 226 Å². The summed E-state index contributed by atoms with van der Waals surface area (Å²) in [5.74, 6) is -1.93. The van der Waals surface area contributed by atoms with Crippen LogP contribution in [0.4, 0.5) is 0 Å². The second-order valence-electron chi connectivity index (χ2n) is 11.2. The highest BCUT2D eigenvalue weighted by molar-refractivity contribution is 6.04. The van der Waals surface area contributed by atoms with Gasteiger partial charge in [-0.05, 0) is 48.4 Å². The number of para-hydroxylation sites is 1. The fourth-order valence-corrected chi connectivity index (χ4v) is 6.59. The molecule has 4 atom stereocenters. The van der Waals surface area contributed by atoms with E-state index < -0.39 is 36.0 Å². The Bertz CT molecular complexity index is 1490. The molecule has 0 radical (unpaired) electrons. The number of H-pyrrole nitrogens is 1. The molecule has 2 aromatic carbocycles. The number of carboxylic acid groups (broad SMARTS) is 1. The van der Waals surface area contributed by atoms with Gasteiger partial charge in [-0.25, -0.2) is 4.79 Å². The van der Waals surface area contributed by atoms with Crippen LogP contribution in [-0.2, 0) is 20.8 Å². The molecule has 1 fully saturated rings. The van der Waals surface area contributed by atoms with Crippen molar-refractivity contribution in [3.63, 3.8) is 0 Å². The second kappa shape index (κ2) is 9.55. The summed E-state index contributed by atoms with van der Waals surface area (Å²) in [6.07, 6.45) is 1.69. The van der Waals surface area contributed by atoms with Gasteiger partial charge in [0.15, 0.2) is 0 Å². The van der Waals surface area contributed by atoms with Crippen LogP contribution < -0.4 is 5.32 Å². The molecule has 202 valence electrons. The van der Waals surface area contributed by atoms with E-state index in [0.29, 0.717) is 37.8 Å². The average molecular weight is 529 g/mol. The van der Waals surface area contributed by atoms with Gasteiger partial charge in [-0.1, -0.05) is 50.2 Å². The number of aromatic nitrogens is 1. The van der Waals surface area contributed by atoms with E-state index in [4.69, 9.17) is 0 Å². The van der Waals surface area contributed by atoms with Crippen LogP contribution in [0.2, 0.25) is 0 Å². The number of benzene rings is 2. The van der Waals surface area contributed by atoms with E-state index in [-0.39, 0.29) is 17.7 Å². The molecule has 3 aliphatic rings. The van der Waals surface area contributed by atoms with Crippen molar-refractivity contribution in [1.29, 1.82) is 0 Å². The summed E-state index contributed by atoms with van der Waals surface area (Å²) in [4.78, 5) is 59.6. The van der Waals surface area contributed by atoms with Crippen molar-refractivity contribution in [2.75, 3.05) is 6.54 Å². The number of fused-ring (bicyclic) bond motifs is 7. The summed E-state index contributed by atoms with van der Waals surface area (Å²) in [5.41, 5.74) is 4.28. The number of carboxylic acids is 1. The molecule has 4 heterocycles. The van der Waals surface area contributed by atoms with Crippen molar-refractivity contribution < 1.29 is 24.3 Å². The first-order valence-corrected chi connectivity index (χ1v) is 13.6. The fraction of sp³-hybridized carbons (Fsp3) is 0.400. The summed E-state index contributed by atoms with van der Waals surface area (Å²) in [6.45, 7) is 4.27. The number of aliphatic carboxylic acids is 1. The second-order valence-corrected chi connectivity index (χ2v) is 11.2. The Morgan fingerprint density at radius 3 is 2.59 bits per heavy atom. The number of carbonyl (C=O) groups excluding carboxylic acids is 3. The lowest BCUT2D eigenvalue weighted by molar-refractivity contribution is -0.149. The molecule has 0 bridgehead atoms. The number of aromatic amines is 1. The highest BCUT2D eigenvalue weighted by Gasteiger charge is 2.49. The van der Waals surface area contributed by atoms with Crippen LogP contribution in [0.5, 0.6) is 0 Å². The van der Waals surface area contributed by atoms with Crippen molar-refractivity contribution in [1.82, 2.24) is 20.1 Å². The number of rotatable bonds is 6. The lowest BCUT2D eigenvalue weighted by atomic mass is 9.89. The maximum absolute atomic E-state index is 14.0. The molecule has 1 unspecified atom stereocenters. The lowest BCUT2D eigenvalue weighted by Gasteiger charge is -2.38. The smallest absolute Gasteiger partial charge is 0.326 e. The van der Waals surface area contributed by atoms with Crippen LogP contribution >= 0.6 is 0 Å². The predicted octanol–water partition coefficient (Wildman–Crippen LogP) is 3.24. The largest absolute Gasteiger partial charge is 0.480 e. The zero-order valence-corrected chi connectivity index (χ0v) is 22.0. The minimum Gasteiger partial charge on any atom is -0.480 e. The first-order chi connectivity index (χ1) is 18.8. The van der Waals surface area contributed by atoms with Gasteiger partial charge in [0.05, 0.1) is 6.04 Å². The molecule has 3 aliphatic heterocycles. The number of hydrogen-bond acceptors (Lipinski definition) is 4. The van der Waals surface area contributed by atoms with E-state index in [0.717, 1.165) is 27.7 Å². The number of carbonyl (C=O) groups is 4. The molecule has 0 spiro atoms. The molecular formula is C30H32N4O5. The molecule has 39 heavy (non-hydrogen) atoms. The van der Waals surface area contributed by atoms with Crippen LogP contribution in [-0.4, -0.2) is 68.3 Å². The summed E-state index contributed by atoms with van der Waals surface area (Å²) in [5, 5.41) is 13.6. The third kappa shape index (κ3) is 4.07. The number of nitrogens with zero attached hydrogens (tertiary/aromatic N) is 2. The first kappa shape index (κ1) is 25.2. The zero-order chi connectivity index (χ0) is 27.4. The average Bonchev–Trinajstić information content (AvgIpc) is 3.62. The number of amides is 3. The van der Waals surface area contributed by atoms with Gasteiger partial charge in [-0.3, -0.25) is 14.4 Å². The Morgan fingerprint density at radius 1 is 1.08 bits per heavy atom. The Hall–Kier alpha value is -4.14. The van der Waals surface area contributed by atoms with Crippen LogP contribution in [0.1, 0.15) is 66.3 Å². The van der Waals surface area contributed by atoms with Gasteiger partial charge >= 0.3 is 5.97 Å². The van der Waals surface area contributed by atoms with E-state index in [1.54, 1.807) is 11.0 Å². The third-order valence-electron chi connectivity index (χ3n) is 8.30. The van der Waals surface area contributed by atoms with E-state index in [1.807, 2.05) is 56.3 Å². The Kier molecular flexibility index (Phi) is 6.16. The third-order valence-corrected chi connectivity index (χ3v) is 8.30. The van der Waals surface area contributed by atoms with Crippen molar-refractivity contribution >= 4 is 34.6 Å². The molecule has 0 saturated carbocycles. The van der Waals surface area contributed by atoms with Gasteiger partial charge in [0.2, 0.25) is 11.8 Å². The molecule has 0 aliphatic carbocycles. The van der Waals surface area contributed by atoms with Gasteiger partial charge in [-0.15, -0.1) is 0 Å². The maximum Gasteiger partial charge on any atom is 0.326 e. The number of nitrogens with one attached hydrogen (secondary N) is 2. The van der Waals surface area contributed by atoms with Crippen molar-refractivity contribution in [2.24, 2.45) is 5.92 Å². The molecule has 9 heteroatoms. The highest BCUT2D eigenvalue weighted by atomic mass is 16.4. The van der Waals surface area contributed by atoms with Gasteiger partial charge in [0, 0.05) is 35.1 Å². The summed E-state index contributed by atoms with van der Waals surface area (Å²) < 4.78 is 0. The zero-order valence-electron chi connectivity index (χ0n) is 22.0. The van der Waals surface area contributed by atoms with Gasteiger partial charge < -0.3 is 25.2 Å². The van der Waals surface area contributed by atoms with Crippen molar-refractivity contribution in [3.8, 4) is 0 Å². The standard InChI is InChI=1S/C30H32N4O5/c1-16(2)14-22(29(37)33-13-7-12-23(33)30(38)39)32-27(35)24-15-20-17-8-5-6-11-21(17)31-25(20)26-18-9-3-4-10-19(18)28(36)34(24)26/h3-6,8-11,16,22-24,26,31H,7,12-15H2,1-2H3,(H,32,35)(H,38,39)/t22-,23-,24-,26?/m0/s1. The Morgan fingerprint density at radius 2 is 1.82 bits per heavy atom. The minimum atomic E-state index is -1.03. The van der Waals surface area contributed by atoms with Crippen LogP contribution in [0.25, 0.3) is 10.9 Å². The molecule has 3 amide bonds.